The number of likely N-dealkylation sites (tertiary alicyclic amines) is 1. The average molecular weight is 372 g/mol. The number of carbonyl (C=O) groups excluding carboxylic acids is 1. The van der Waals surface area contributed by atoms with Gasteiger partial charge in [-0.05, 0) is 49.6 Å². The first-order chi connectivity index (χ1) is 13.8. The van der Waals surface area contributed by atoms with Gasteiger partial charge in [0.25, 0.3) is 11.8 Å². The van der Waals surface area contributed by atoms with Gasteiger partial charge in [-0.2, -0.15) is 4.98 Å². The minimum absolute atomic E-state index is 0.0716. The fraction of sp³-hybridized carbons (Fsp3) is 0.227. The third-order valence-electron chi connectivity index (χ3n) is 5.26. The second-order valence-electron chi connectivity index (χ2n) is 7.10. The molecule has 6 heteroatoms. The Labute approximate surface area is 162 Å². The van der Waals surface area contributed by atoms with Crippen LogP contribution in [0.4, 0.5) is 0 Å². The van der Waals surface area contributed by atoms with Crippen LogP contribution in [-0.2, 0) is 0 Å². The lowest BCUT2D eigenvalue weighted by atomic mass is 10.1. The molecule has 0 bridgehead atoms. The highest BCUT2D eigenvalue weighted by Gasteiger charge is 2.19. The SMILES string of the molecule is O=C(c1cccc(-c2noc(-c3cccc4[nH]ccc34)n2)c1)N1CCCCC1. The quantitative estimate of drug-likeness (QED) is 0.574. The van der Waals surface area contributed by atoms with Crippen molar-refractivity contribution in [3.8, 4) is 22.8 Å². The van der Waals surface area contributed by atoms with E-state index in [1.165, 1.54) is 6.42 Å². The van der Waals surface area contributed by atoms with E-state index in [1.54, 1.807) is 0 Å². The van der Waals surface area contributed by atoms with Crippen LogP contribution in [0.1, 0.15) is 29.6 Å². The molecule has 28 heavy (non-hydrogen) atoms. The summed E-state index contributed by atoms with van der Waals surface area (Å²) in [6.07, 6.45) is 5.24. The second-order valence-corrected chi connectivity index (χ2v) is 7.10. The van der Waals surface area contributed by atoms with Crippen molar-refractivity contribution < 1.29 is 9.32 Å². The number of rotatable bonds is 3. The molecule has 5 rings (SSSR count). The maximum atomic E-state index is 12.8. The minimum atomic E-state index is 0.0716. The number of amides is 1. The Bertz CT molecular complexity index is 1140. The van der Waals surface area contributed by atoms with Crippen LogP contribution >= 0.6 is 0 Å². The summed E-state index contributed by atoms with van der Waals surface area (Å²) in [5.74, 6) is 1.02. The topological polar surface area (TPSA) is 75.0 Å². The van der Waals surface area contributed by atoms with E-state index < -0.39 is 0 Å². The summed E-state index contributed by atoms with van der Waals surface area (Å²) in [5.41, 5.74) is 3.35. The predicted molar refractivity (Wildman–Crippen MR) is 107 cm³/mol. The number of carbonyl (C=O) groups is 1. The summed E-state index contributed by atoms with van der Waals surface area (Å²) >= 11 is 0. The van der Waals surface area contributed by atoms with Gasteiger partial charge in [-0.3, -0.25) is 4.79 Å². The molecule has 2 aromatic heterocycles. The van der Waals surface area contributed by atoms with Gasteiger partial charge in [-0.1, -0.05) is 23.4 Å². The van der Waals surface area contributed by atoms with Gasteiger partial charge in [0.2, 0.25) is 5.82 Å². The van der Waals surface area contributed by atoms with Crippen molar-refractivity contribution in [3.05, 3.63) is 60.3 Å². The van der Waals surface area contributed by atoms with Crippen LogP contribution in [-0.4, -0.2) is 39.0 Å². The highest BCUT2D eigenvalue weighted by molar-refractivity contribution is 5.95. The van der Waals surface area contributed by atoms with E-state index in [0.717, 1.165) is 48.0 Å². The zero-order valence-corrected chi connectivity index (χ0v) is 15.4. The Morgan fingerprint density at radius 3 is 2.79 bits per heavy atom. The molecule has 4 aromatic rings. The molecule has 1 amide bonds. The molecule has 3 heterocycles. The molecule has 0 atom stereocenters. The van der Waals surface area contributed by atoms with Gasteiger partial charge in [-0.15, -0.1) is 0 Å². The Morgan fingerprint density at radius 2 is 1.89 bits per heavy atom. The number of aromatic nitrogens is 3. The molecular formula is C22H20N4O2. The van der Waals surface area contributed by atoms with E-state index in [-0.39, 0.29) is 5.91 Å². The monoisotopic (exact) mass is 372 g/mol. The van der Waals surface area contributed by atoms with Crippen molar-refractivity contribution in [1.82, 2.24) is 20.0 Å². The molecule has 0 spiro atoms. The number of hydrogen-bond donors (Lipinski definition) is 1. The van der Waals surface area contributed by atoms with E-state index >= 15 is 0 Å². The van der Waals surface area contributed by atoms with E-state index in [9.17, 15) is 4.79 Å². The van der Waals surface area contributed by atoms with Gasteiger partial charge >= 0.3 is 0 Å². The standard InChI is InChI=1S/C22H20N4O2/c27-22(26-12-2-1-3-13-26)16-7-4-6-15(14-16)20-24-21(28-25-20)18-8-5-9-19-17(18)10-11-23-19/h4-11,14,23H,1-3,12-13H2. The third-order valence-corrected chi connectivity index (χ3v) is 5.26. The number of fused-ring (bicyclic) bond motifs is 1. The van der Waals surface area contributed by atoms with Crippen LogP contribution in [0.3, 0.4) is 0 Å². The van der Waals surface area contributed by atoms with E-state index in [1.807, 2.05) is 59.6 Å². The fourth-order valence-corrected chi connectivity index (χ4v) is 3.79. The highest BCUT2D eigenvalue weighted by atomic mass is 16.5. The lowest BCUT2D eigenvalue weighted by Crippen LogP contribution is -2.35. The van der Waals surface area contributed by atoms with Crippen LogP contribution in [0, 0.1) is 0 Å². The van der Waals surface area contributed by atoms with Gasteiger partial charge in [-0.25, -0.2) is 0 Å². The Morgan fingerprint density at radius 1 is 1.04 bits per heavy atom. The number of nitrogens with one attached hydrogen (secondary N) is 1. The van der Waals surface area contributed by atoms with Gasteiger partial charge in [0, 0.05) is 46.9 Å². The molecule has 0 aliphatic carbocycles. The number of piperidine rings is 1. The summed E-state index contributed by atoms with van der Waals surface area (Å²) in [7, 11) is 0. The van der Waals surface area contributed by atoms with E-state index in [4.69, 9.17) is 4.52 Å². The summed E-state index contributed by atoms with van der Waals surface area (Å²) in [6.45, 7) is 1.66. The Kier molecular flexibility index (Phi) is 4.16. The second kappa shape index (κ2) is 6.96. The van der Waals surface area contributed by atoms with Crippen molar-refractivity contribution in [2.75, 3.05) is 13.1 Å². The normalized spacial score (nSPS) is 14.5. The lowest BCUT2D eigenvalue weighted by molar-refractivity contribution is 0.0724. The molecule has 1 aliphatic rings. The number of aromatic amines is 1. The van der Waals surface area contributed by atoms with Crippen molar-refractivity contribution >= 4 is 16.8 Å². The smallest absolute Gasteiger partial charge is 0.258 e. The van der Waals surface area contributed by atoms with Gasteiger partial charge in [0.05, 0.1) is 0 Å². The Balaban J connectivity index is 1.46. The number of hydrogen-bond acceptors (Lipinski definition) is 4. The van der Waals surface area contributed by atoms with Crippen LogP contribution < -0.4 is 0 Å². The molecule has 0 radical (unpaired) electrons. The highest BCUT2D eigenvalue weighted by Crippen LogP contribution is 2.29. The maximum Gasteiger partial charge on any atom is 0.258 e. The molecule has 2 aromatic carbocycles. The van der Waals surface area contributed by atoms with Crippen molar-refractivity contribution in [2.24, 2.45) is 0 Å². The number of nitrogens with zero attached hydrogens (tertiary/aromatic N) is 3. The molecule has 140 valence electrons. The molecular weight excluding hydrogens is 352 g/mol. The van der Waals surface area contributed by atoms with Crippen molar-refractivity contribution in [3.63, 3.8) is 0 Å². The van der Waals surface area contributed by atoms with E-state index in [0.29, 0.717) is 17.3 Å². The predicted octanol–water partition coefficient (Wildman–Crippen LogP) is 4.51. The number of benzene rings is 2. The summed E-state index contributed by atoms with van der Waals surface area (Å²) in [5, 5.41) is 5.18. The largest absolute Gasteiger partial charge is 0.361 e. The van der Waals surface area contributed by atoms with Gasteiger partial charge in [0.1, 0.15) is 0 Å². The third kappa shape index (κ3) is 2.97. The number of H-pyrrole nitrogens is 1. The van der Waals surface area contributed by atoms with Crippen LogP contribution in [0.15, 0.2) is 59.3 Å². The summed E-state index contributed by atoms with van der Waals surface area (Å²) in [4.78, 5) is 22.5. The molecule has 0 unspecified atom stereocenters. The molecule has 1 aliphatic heterocycles. The minimum Gasteiger partial charge on any atom is -0.361 e. The maximum absolute atomic E-state index is 12.8. The zero-order valence-electron chi connectivity index (χ0n) is 15.4. The lowest BCUT2D eigenvalue weighted by Gasteiger charge is -2.26. The fourth-order valence-electron chi connectivity index (χ4n) is 3.79. The van der Waals surface area contributed by atoms with Gasteiger partial charge in [0.15, 0.2) is 0 Å². The van der Waals surface area contributed by atoms with Gasteiger partial charge < -0.3 is 14.4 Å². The Hall–Kier alpha value is -3.41. The zero-order chi connectivity index (χ0) is 18.9. The summed E-state index contributed by atoms with van der Waals surface area (Å²) in [6, 6.07) is 15.4. The van der Waals surface area contributed by atoms with Crippen molar-refractivity contribution in [1.29, 1.82) is 0 Å². The molecule has 6 nitrogen and oxygen atoms in total. The molecule has 1 N–H and O–H groups in total. The first kappa shape index (κ1) is 16.7. The van der Waals surface area contributed by atoms with Crippen LogP contribution in [0.5, 0.6) is 0 Å². The van der Waals surface area contributed by atoms with Crippen LogP contribution in [0.25, 0.3) is 33.7 Å². The summed E-state index contributed by atoms with van der Waals surface area (Å²) < 4.78 is 5.53. The van der Waals surface area contributed by atoms with Crippen molar-refractivity contribution in [2.45, 2.75) is 19.3 Å². The van der Waals surface area contributed by atoms with Crippen LogP contribution in [0.2, 0.25) is 0 Å². The average Bonchev–Trinajstić information content (AvgIpc) is 3.43. The first-order valence-corrected chi connectivity index (χ1v) is 9.59. The molecule has 1 saturated heterocycles. The first-order valence-electron chi connectivity index (χ1n) is 9.59. The molecule has 0 saturated carbocycles. The van der Waals surface area contributed by atoms with E-state index in [2.05, 4.69) is 15.1 Å². The molecule has 1 fully saturated rings.